The number of aryl methyl sites for hydroxylation is 2. The minimum absolute atomic E-state index is 0.786. The standard InChI is InChI=1S/C11H12BrN3S/c1-7-5-11(15-8(2)14-7)13-6-10-9(12)3-4-16-10/h3-5H,6H2,1-2H3,(H,13,14,15). The number of rotatable bonds is 3. The van der Waals surface area contributed by atoms with Crippen molar-refractivity contribution in [2.75, 3.05) is 5.32 Å². The maximum absolute atomic E-state index is 4.33. The van der Waals surface area contributed by atoms with Crippen LogP contribution >= 0.6 is 27.3 Å². The number of anilines is 1. The number of halogens is 1. The zero-order valence-corrected chi connectivity index (χ0v) is 11.5. The van der Waals surface area contributed by atoms with Crippen molar-refractivity contribution in [1.29, 1.82) is 0 Å². The molecule has 0 aliphatic carbocycles. The van der Waals surface area contributed by atoms with E-state index < -0.39 is 0 Å². The minimum Gasteiger partial charge on any atom is -0.365 e. The Labute approximate surface area is 107 Å². The van der Waals surface area contributed by atoms with Crippen molar-refractivity contribution >= 4 is 33.1 Å². The molecule has 0 radical (unpaired) electrons. The summed E-state index contributed by atoms with van der Waals surface area (Å²) in [6, 6.07) is 4.01. The first-order chi connectivity index (χ1) is 7.65. The van der Waals surface area contributed by atoms with Crippen molar-refractivity contribution in [3.8, 4) is 0 Å². The third kappa shape index (κ3) is 2.80. The van der Waals surface area contributed by atoms with Gasteiger partial charge in [0.25, 0.3) is 0 Å². The lowest BCUT2D eigenvalue weighted by atomic mass is 10.4. The summed E-state index contributed by atoms with van der Waals surface area (Å²) in [5, 5.41) is 5.37. The van der Waals surface area contributed by atoms with Crippen LogP contribution in [0.3, 0.4) is 0 Å². The first-order valence-electron chi connectivity index (χ1n) is 4.93. The molecule has 3 nitrogen and oxygen atoms in total. The lowest BCUT2D eigenvalue weighted by Crippen LogP contribution is -2.03. The van der Waals surface area contributed by atoms with Crippen LogP contribution in [0.15, 0.2) is 22.0 Å². The monoisotopic (exact) mass is 297 g/mol. The van der Waals surface area contributed by atoms with Gasteiger partial charge < -0.3 is 5.32 Å². The Bertz CT molecular complexity index is 475. The third-order valence-corrected chi connectivity index (χ3v) is 4.01. The van der Waals surface area contributed by atoms with Gasteiger partial charge in [-0.05, 0) is 41.2 Å². The van der Waals surface area contributed by atoms with Gasteiger partial charge in [-0.3, -0.25) is 0 Å². The predicted octanol–water partition coefficient (Wildman–Crippen LogP) is 3.53. The molecule has 0 aliphatic rings. The highest BCUT2D eigenvalue weighted by Gasteiger charge is 2.02. The second-order valence-corrected chi connectivity index (χ2v) is 5.34. The Balaban J connectivity index is 2.07. The summed E-state index contributed by atoms with van der Waals surface area (Å²) in [7, 11) is 0. The van der Waals surface area contributed by atoms with Gasteiger partial charge in [-0.1, -0.05) is 0 Å². The van der Waals surface area contributed by atoms with E-state index in [1.807, 2.05) is 19.9 Å². The van der Waals surface area contributed by atoms with Crippen LogP contribution in [0.4, 0.5) is 5.82 Å². The van der Waals surface area contributed by atoms with Crippen molar-refractivity contribution in [3.63, 3.8) is 0 Å². The molecule has 2 heterocycles. The van der Waals surface area contributed by atoms with E-state index in [2.05, 4.69) is 42.7 Å². The number of thiophene rings is 1. The Kier molecular flexibility index (Phi) is 3.56. The largest absolute Gasteiger partial charge is 0.365 e. The molecule has 84 valence electrons. The van der Waals surface area contributed by atoms with Gasteiger partial charge in [0, 0.05) is 21.1 Å². The molecule has 0 saturated carbocycles. The Morgan fingerprint density at radius 3 is 2.81 bits per heavy atom. The average molecular weight is 298 g/mol. The summed E-state index contributed by atoms with van der Waals surface area (Å²) in [4.78, 5) is 9.84. The van der Waals surface area contributed by atoms with Crippen LogP contribution < -0.4 is 5.32 Å². The van der Waals surface area contributed by atoms with Gasteiger partial charge in [0.05, 0.1) is 6.54 Å². The smallest absolute Gasteiger partial charge is 0.130 e. The van der Waals surface area contributed by atoms with Crippen LogP contribution in [0.5, 0.6) is 0 Å². The van der Waals surface area contributed by atoms with Crippen LogP contribution in [-0.4, -0.2) is 9.97 Å². The highest BCUT2D eigenvalue weighted by Crippen LogP contribution is 2.23. The number of hydrogen-bond donors (Lipinski definition) is 1. The molecular formula is C11H12BrN3S. The van der Waals surface area contributed by atoms with Gasteiger partial charge in [-0.2, -0.15) is 0 Å². The Morgan fingerprint density at radius 1 is 1.38 bits per heavy atom. The normalized spacial score (nSPS) is 10.4. The zero-order valence-electron chi connectivity index (χ0n) is 9.12. The fraction of sp³-hybridized carbons (Fsp3) is 0.273. The molecule has 2 rings (SSSR count). The fourth-order valence-corrected chi connectivity index (χ4v) is 2.86. The van der Waals surface area contributed by atoms with Crippen LogP contribution in [0.1, 0.15) is 16.4 Å². The van der Waals surface area contributed by atoms with Gasteiger partial charge in [0.15, 0.2) is 0 Å². The highest BCUT2D eigenvalue weighted by molar-refractivity contribution is 9.10. The van der Waals surface area contributed by atoms with Crippen LogP contribution in [0.2, 0.25) is 0 Å². The maximum atomic E-state index is 4.33. The molecule has 0 atom stereocenters. The van der Waals surface area contributed by atoms with Crippen LogP contribution in [0, 0.1) is 13.8 Å². The zero-order chi connectivity index (χ0) is 11.5. The molecule has 0 amide bonds. The molecule has 0 aliphatic heterocycles. The SMILES string of the molecule is Cc1cc(NCc2sccc2Br)nc(C)n1. The van der Waals surface area contributed by atoms with Gasteiger partial charge in [-0.25, -0.2) is 9.97 Å². The molecule has 2 aromatic rings. The van der Waals surface area contributed by atoms with E-state index in [1.54, 1.807) is 11.3 Å². The van der Waals surface area contributed by atoms with E-state index >= 15 is 0 Å². The molecule has 16 heavy (non-hydrogen) atoms. The first-order valence-corrected chi connectivity index (χ1v) is 6.60. The highest BCUT2D eigenvalue weighted by atomic mass is 79.9. The van der Waals surface area contributed by atoms with Crippen molar-refractivity contribution in [2.45, 2.75) is 20.4 Å². The molecule has 2 aromatic heterocycles. The van der Waals surface area contributed by atoms with Crippen LogP contribution in [-0.2, 0) is 6.54 Å². The first kappa shape index (κ1) is 11.5. The number of aromatic nitrogens is 2. The van der Waals surface area contributed by atoms with Crippen molar-refractivity contribution in [3.05, 3.63) is 38.4 Å². The molecule has 5 heteroatoms. The summed E-state index contributed by atoms with van der Waals surface area (Å²) in [5.74, 6) is 1.68. The van der Waals surface area contributed by atoms with Gasteiger partial charge in [0.2, 0.25) is 0 Å². The lowest BCUT2D eigenvalue weighted by molar-refractivity contribution is 0.995. The molecule has 0 fully saturated rings. The number of hydrogen-bond acceptors (Lipinski definition) is 4. The van der Waals surface area contributed by atoms with E-state index in [0.717, 1.165) is 28.4 Å². The van der Waals surface area contributed by atoms with Gasteiger partial charge in [0.1, 0.15) is 11.6 Å². The van der Waals surface area contributed by atoms with E-state index in [0.29, 0.717) is 0 Å². The van der Waals surface area contributed by atoms with E-state index in [-0.39, 0.29) is 0 Å². The number of nitrogens with zero attached hydrogens (tertiary/aromatic N) is 2. The van der Waals surface area contributed by atoms with Gasteiger partial charge in [-0.15, -0.1) is 11.3 Å². The lowest BCUT2D eigenvalue weighted by Gasteiger charge is -2.06. The quantitative estimate of drug-likeness (QED) is 0.942. The summed E-state index contributed by atoms with van der Waals surface area (Å²) in [6.07, 6.45) is 0. The summed E-state index contributed by atoms with van der Waals surface area (Å²) in [5.41, 5.74) is 0.986. The maximum Gasteiger partial charge on any atom is 0.130 e. The summed E-state index contributed by atoms with van der Waals surface area (Å²) >= 11 is 5.23. The average Bonchev–Trinajstić information content (AvgIpc) is 2.59. The molecule has 0 aromatic carbocycles. The molecule has 0 bridgehead atoms. The van der Waals surface area contributed by atoms with Crippen molar-refractivity contribution < 1.29 is 0 Å². The van der Waals surface area contributed by atoms with E-state index in [9.17, 15) is 0 Å². The summed E-state index contributed by atoms with van der Waals surface area (Å²) < 4.78 is 1.15. The van der Waals surface area contributed by atoms with Crippen molar-refractivity contribution in [2.24, 2.45) is 0 Å². The second-order valence-electron chi connectivity index (χ2n) is 3.49. The molecular weight excluding hydrogens is 286 g/mol. The fourth-order valence-electron chi connectivity index (χ4n) is 1.43. The molecule has 0 saturated heterocycles. The van der Waals surface area contributed by atoms with E-state index in [4.69, 9.17) is 0 Å². The summed E-state index contributed by atoms with van der Waals surface area (Å²) in [6.45, 7) is 4.66. The van der Waals surface area contributed by atoms with E-state index in [1.165, 1.54) is 4.88 Å². The molecule has 0 unspecified atom stereocenters. The third-order valence-electron chi connectivity index (χ3n) is 2.09. The predicted molar refractivity (Wildman–Crippen MR) is 70.9 cm³/mol. The number of nitrogens with one attached hydrogen (secondary N) is 1. The minimum atomic E-state index is 0.786. The molecule has 0 spiro atoms. The Morgan fingerprint density at radius 2 is 2.19 bits per heavy atom. The van der Waals surface area contributed by atoms with Crippen molar-refractivity contribution in [1.82, 2.24) is 9.97 Å². The topological polar surface area (TPSA) is 37.8 Å². The second kappa shape index (κ2) is 4.93. The van der Waals surface area contributed by atoms with Gasteiger partial charge >= 0.3 is 0 Å². The molecule has 1 N–H and O–H groups in total. The van der Waals surface area contributed by atoms with Crippen LogP contribution in [0.25, 0.3) is 0 Å². The Hall–Kier alpha value is -0.940.